The zero-order valence-corrected chi connectivity index (χ0v) is 15.0. The summed E-state index contributed by atoms with van der Waals surface area (Å²) in [7, 11) is 0. The van der Waals surface area contributed by atoms with Crippen molar-refractivity contribution in [1.29, 1.82) is 0 Å². The molecule has 3 aromatic carbocycles. The fourth-order valence-electron chi connectivity index (χ4n) is 3.19. The van der Waals surface area contributed by atoms with E-state index in [1.54, 1.807) is 24.3 Å². The number of nitrogens with zero attached hydrogens (tertiary/aromatic N) is 1. The van der Waals surface area contributed by atoms with Gasteiger partial charge in [-0.2, -0.15) is 0 Å². The van der Waals surface area contributed by atoms with Crippen LogP contribution in [0.2, 0.25) is 0 Å². The maximum Gasteiger partial charge on any atom is 0.269 e. The van der Waals surface area contributed by atoms with Gasteiger partial charge in [-0.15, -0.1) is 0 Å². The molecule has 6 nitrogen and oxygen atoms in total. The summed E-state index contributed by atoms with van der Waals surface area (Å²) in [4.78, 5) is 23.4. The number of nitro benzene ring substituents is 1. The molecule has 1 aliphatic rings. The number of ether oxygens (including phenoxy) is 1. The minimum absolute atomic E-state index is 0.0153. The number of para-hydroxylation sites is 3. The van der Waals surface area contributed by atoms with E-state index in [0.717, 1.165) is 5.56 Å². The van der Waals surface area contributed by atoms with Crippen molar-refractivity contribution < 1.29 is 14.5 Å². The highest BCUT2D eigenvalue weighted by atomic mass is 16.6. The molecule has 0 bridgehead atoms. The van der Waals surface area contributed by atoms with Gasteiger partial charge in [0.15, 0.2) is 5.75 Å². The van der Waals surface area contributed by atoms with Gasteiger partial charge in [-0.3, -0.25) is 14.9 Å². The Balaban J connectivity index is 1.55. The van der Waals surface area contributed by atoms with Crippen molar-refractivity contribution in [3.8, 4) is 11.5 Å². The van der Waals surface area contributed by atoms with E-state index < -0.39 is 10.3 Å². The number of carbonyl (C=O) groups excluding carboxylic acids is 1. The number of carbonyl (C=O) groups is 1. The van der Waals surface area contributed by atoms with E-state index >= 15 is 0 Å². The average molecular weight is 374 g/mol. The molecular formula is C22H18N2O4. The van der Waals surface area contributed by atoms with E-state index in [1.165, 1.54) is 12.1 Å². The molecule has 0 unspecified atom stereocenters. The summed E-state index contributed by atoms with van der Waals surface area (Å²) in [5.41, 5.74) is 0.748. The lowest BCUT2D eigenvalue weighted by Gasteiger charge is -2.18. The van der Waals surface area contributed by atoms with E-state index in [9.17, 15) is 14.9 Å². The number of anilines is 1. The quantitative estimate of drug-likeness (QED) is 0.483. The molecule has 0 aromatic heterocycles. The van der Waals surface area contributed by atoms with Crippen LogP contribution >= 0.6 is 0 Å². The third-order valence-electron chi connectivity index (χ3n) is 4.92. The number of hydrogen-bond acceptors (Lipinski definition) is 4. The van der Waals surface area contributed by atoms with Crippen molar-refractivity contribution in [2.24, 2.45) is 0 Å². The van der Waals surface area contributed by atoms with Gasteiger partial charge in [0, 0.05) is 12.1 Å². The van der Waals surface area contributed by atoms with Crippen LogP contribution in [0.25, 0.3) is 0 Å². The highest BCUT2D eigenvalue weighted by Crippen LogP contribution is 2.49. The lowest BCUT2D eigenvalue weighted by Crippen LogP contribution is -2.28. The number of nitrogens with one attached hydrogen (secondary N) is 1. The van der Waals surface area contributed by atoms with Gasteiger partial charge >= 0.3 is 0 Å². The minimum atomic E-state index is -0.644. The van der Waals surface area contributed by atoms with E-state index in [4.69, 9.17) is 4.74 Å². The van der Waals surface area contributed by atoms with Crippen molar-refractivity contribution in [2.75, 3.05) is 5.32 Å². The molecule has 1 amide bonds. The van der Waals surface area contributed by atoms with Gasteiger partial charge in [0.25, 0.3) is 5.69 Å². The van der Waals surface area contributed by atoms with Crippen LogP contribution in [0.5, 0.6) is 11.5 Å². The second-order valence-electron chi connectivity index (χ2n) is 6.75. The van der Waals surface area contributed by atoms with Gasteiger partial charge in [0.1, 0.15) is 5.75 Å². The first kappa shape index (κ1) is 17.7. The monoisotopic (exact) mass is 374 g/mol. The maximum absolute atomic E-state index is 13.0. The molecule has 1 N–H and O–H groups in total. The second-order valence-corrected chi connectivity index (χ2v) is 6.75. The van der Waals surface area contributed by atoms with E-state index in [1.807, 2.05) is 42.5 Å². The maximum atomic E-state index is 13.0. The molecule has 3 aromatic rings. The summed E-state index contributed by atoms with van der Waals surface area (Å²) in [6, 6.07) is 22.8. The summed E-state index contributed by atoms with van der Waals surface area (Å²) in [6.07, 6.45) is 1.41. The fraction of sp³-hybridized carbons (Fsp3) is 0.136. The Morgan fingerprint density at radius 2 is 1.57 bits per heavy atom. The van der Waals surface area contributed by atoms with Crippen molar-refractivity contribution >= 4 is 17.3 Å². The van der Waals surface area contributed by atoms with E-state index in [0.29, 0.717) is 30.0 Å². The van der Waals surface area contributed by atoms with Crippen LogP contribution in [0.1, 0.15) is 18.4 Å². The summed E-state index contributed by atoms with van der Waals surface area (Å²) < 4.78 is 5.90. The Kier molecular flexibility index (Phi) is 4.53. The lowest BCUT2D eigenvalue weighted by molar-refractivity contribution is -0.384. The Labute approximate surface area is 161 Å². The zero-order valence-electron chi connectivity index (χ0n) is 15.0. The Morgan fingerprint density at radius 1 is 0.929 bits per heavy atom. The van der Waals surface area contributed by atoms with Crippen LogP contribution in [0.15, 0.2) is 78.9 Å². The SMILES string of the molecule is O=C(Nc1ccccc1Oc1ccccc1)C1(c2ccc([N+](=O)[O-])cc2)CC1. The van der Waals surface area contributed by atoms with Crippen LogP contribution in [-0.2, 0) is 10.2 Å². The molecular weight excluding hydrogens is 356 g/mol. The number of rotatable bonds is 6. The number of hydrogen-bond donors (Lipinski definition) is 1. The highest BCUT2D eigenvalue weighted by Gasteiger charge is 2.51. The summed E-state index contributed by atoms with van der Waals surface area (Å²) in [6.45, 7) is 0. The van der Waals surface area contributed by atoms with E-state index in [-0.39, 0.29) is 11.6 Å². The molecule has 0 radical (unpaired) electrons. The molecule has 140 valence electrons. The lowest BCUT2D eigenvalue weighted by atomic mass is 9.94. The molecule has 1 fully saturated rings. The Hall–Kier alpha value is -3.67. The largest absolute Gasteiger partial charge is 0.455 e. The normalized spacial score (nSPS) is 14.1. The third-order valence-corrected chi connectivity index (χ3v) is 4.92. The zero-order chi connectivity index (χ0) is 19.6. The highest BCUT2D eigenvalue weighted by molar-refractivity contribution is 6.02. The molecule has 0 atom stereocenters. The number of nitro groups is 1. The van der Waals surface area contributed by atoms with E-state index in [2.05, 4.69) is 5.32 Å². The Morgan fingerprint density at radius 3 is 2.21 bits per heavy atom. The second kappa shape index (κ2) is 7.15. The first-order chi connectivity index (χ1) is 13.6. The number of non-ortho nitro benzene ring substituents is 1. The van der Waals surface area contributed by atoms with Crippen LogP contribution in [0, 0.1) is 10.1 Å². The molecule has 6 heteroatoms. The van der Waals surface area contributed by atoms with Crippen molar-refractivity contribution in [3.63, 3.8) is 0 Å². The first-order valence-corrected chi connectivity index (χ1v) is 8.97. The van der Waals surface area contributed by atoms with Crippen molar-refractivity contribution in [2.45, 2.75) is 18.3 Å². The molecule has 0 saturated heterocycles. The van der Waals surface area contributed by atoms with Gasteiger partial charge in [0.2, 0.25) is 5.91 Å². The smallest absolute Gasteiger partial charge is 0.269 e. The van der Waals surface area contributed by atoms with Gasteiger partial charge in [-0.25, -0.2) is 0 Å². The average Bonchev–Trinajstić information content (AvgIpc) is 3.52. The Bertz CT molecular complexity index is 1010. The van der Waals surface area contributed by atoms with Crippen LogP contribution < -0.4 is 10.1 Å². The predicted octanol–water partition coefficient (Wildman–Crippen LogP) is 5.06. The van der Waals surface area contributed by atoms with Crippen LogP contribution in [0.4, 0.5) is 11.4 Å². The molecule has 4 rings (SSSR count). The summed E-state index contributed by atoms with van der Waals surface area (Å²) >= 11 is 0. The predicted molar refractivity (Wildman–Crippen MR) is 106 cm³/mol. The van der Waals surface area contributed by atoms with Crippen molar-refractivity contribution in [3.05, 3.63) is 94.5 Å². The molecule has 28 heavy (non-hydrogen) atoms. The number of amides is 1. The topological polar surface area (TPSA) is 81.5 Å². The van der Waals surface area contributed by atoms with Gasteiger partial charge in [0.05, 0.1) is 16.0 Å². The molecule has 1 saturated carbocycles. The molecule has 1 aliphatic carbocycles. The fourth-order valence-corrected chi connectivity index (χ4v) is 3.19. The molecule has 0 aliphatic heterocycles. The summed E-state index contributed by atoms with van der Waals surface area (Å²) in [5.74, 6) is 1.10. The number of benzene rings is 3. The van der Waals surface area contributed by atoms with Gasteiger partial charge in [-0.1, -0.05) is 42.5 Å². The summed E-state index contributed by atoms with van der Waals surface area (Å²) in [5, 5.41) is 13.8. The standard InChI is InChI=1S/C22H18N2O4/c25-21(22(14-15-22)16-10-12-17(13-11-16)24(26)27)23-19-8-4-5-9-20(19)28-18-6-2-1-3-7-18/h1-13H,14-15H2,(H,23,25). The van der Waals surface area contributed by atoms with Gasteiger partial charge < -0.3 is 10.1 Å². The first-order valence-electron chi connectivity index (χ1n) is 8.97. The van der Waals surface area contributed by atoms with Crippen LogP contribution in [0.3, 0.4) is 0 Å². The minimum Gasteiger partial charge on any atom is -0.455 e. The molecule has 0 heterocycles. The van der Waals surface area contributed by atoms with Crippen molar-refractivity contribution in [1.82, 2.24) is 0 Å². The molecule has 0 spiro atoms. The van der Waals surface area contributed by atoms with Crippen LogP contribution in [-0.4, -0.2) is 10.8 Å². The van der Waals surface area contributed by atoms with Gasteiger partial charge in [-0.05, 0) is 42.7 Å². The third kappa shape index (κ3) is 3.44.